The lowest BCUT2D eigenvalue weighted by Crippen LogP contribution is -2.57. The minimum atomic E-state index is -0.406. The van der Waals surface area contributed by atoms with Crippen LogP contribution < -0.4 is 5.73 Å². The van der Waals surface area contributed by atoms with Gasteiger partial charge in [0.2, 0.25) is 5.91 Å². The topological polar surface area (TPSA) is 79.8 Å². The van der Waals surface area contributed by atoms with Crippen molar-refractivity contribution in [3.8, 4) is 0 Å². The molecule has 2 unspecified atom stereocenters. The summed E-state index contributed by atoms with van der Waals surface area (Å²) in [6.07, 6.45) is 5.44. The second-order valence-electron chi connectivity index (χ2n) is 6.90. The Morgan fingerprint density at radius 1 is 1.21 bits per heavy atom. The number of halogens is 1. The van der Waals surface area contributed by atoms with Gasteiger partial charge in [-0.15, -0.1) is 12.4 Å². The van der Waals surface area contributed by atoms with Crippen LogP contribution in [-0.2, 0) is 4.79 Å². The third-order valence-corrected chi connectivity index (χ3v) is 5.16. The molecule has 2 amide bonds. The van der Waals surface area contributed by atoms with Crippen molar-refractivity contribution in [2.24, 2.45) is 11.7 Å². The van der Waals surface area contributed by atoms with Crippen molar-refractivity contribution in [1.29, 1.82) is 0 Å². The Bertz CT molecular complexity index is 566. The zero-order valence-electron chi connectivity index (χ0n) is 14.1. The predicted octanol–water partition coefficient (Wildman–Crippen LogP) is 1.89. The molecule has 2 heterocycles. The zero-order chi connectivity index (χ0) is 16.4. The quantitative estimate of drug-likeness (QED) is 0.878. The summed E-state index contributed by atoms with van der Waals surface area (Å²) in [5.41, 5.74) is 5.94. The molecule has 0 bridgehead atoms. The van der Waals surface area contributed by atoms with Crippen LogP contribution in [-0.4, -0.2) is 53.3 Å². The molecule has 1 saturated heterocycles. The van der Waals surface area contributed by atoms with Crippen LogP contribution in [0.1, 0.15) is 43.2 Å². The largest absolute Gasteiger partial charge is 0.459 e. The lowest BCUT2D eigenvalue weighted by Gasteiger charge is -2.42. The lowest BCUT2D eigenvalue weighted by atomic mass is 9.74. The van der Waals surface area contributed by atoms with E-state index in [2.05, 4.69) is 0 Å². The van der Waals surface area contributed by atoms with Gasteiger partial charge in [0.1, 0.15) is 0 Å². The second-order valence-corrected chi connectivity index (χ2v) is 6.90. The summed E-state index contributed by atoms with van der Waals surface area (Å²) in [4.78, 5) is 28.7. The van der Waals surface area contributed by atoms with Gasteiger partial charge in [-0.3, -0.25) is 9.59 Å². The maximum atomic E-state index is 12.8. The van der Waals surface area contributed by atoms with E-state index in [-0.39, 0.29) is 30.1 Å². The molecule has 134 valence electrons. The summed E-state index contributed by atoms with van der Waals surface area (Å²) in [5.74, 6) is 0.304. The van der Waals surface area contributed by atoms with Crippen molar-refractivity contribution in [2.45, 2.75) is 38.1 Å². The summed E-state index contributed by atoms with van der Waals surface area (Å²) in [6.45, 7) is 4.21. The molecule has 6 nitrogen and oxygen atoms in total. The monoisotopic (exact) mass is 355 g/mol. The van der Waals surface area contributed by atoms with Crippen molar-refractivity contribution < 1.29 is 14.0 Å². The standard InChI is InChI=1S/C17H25N3O3.ClH/c1-17(18)7-3-2-5-13(17)15(21)19-8-10-20(11-9-19)16(22)14-6-4-12-23-14;/h4,6,12-13H,2-3,5,7-11,18H2,1H3;1H. The molecule has 1 aliphatic heterocycles. The van der Waals surface area contributed by atoms with Crippen molar-refractivity contribution in [2.75, 3.05) is 26.2 Å². The minimum absolute atomic E-state index is 0. The number of rotatable bonds is 2. The first-order valence-electron chi connectivity index (χ1n) is 8.39. The lowest BCUT2D eigenvalue weighted by molar-refractivity contribution is -0.140. The average Bonchev–Trinajstić information content (AvgIpc) is 3.08. The van der Waals surface area contributed by atoms with Crippen LogP contribution in [0, 0.1) is 5.92 Å². The Labute approximate surface area is 148 Å². The van der Waals surface area contributed by atoms with E-state index in [1.165, 1.54) is 6.26 Å². The molecule has 3 rings (SSSR count). The van der Waals surface area contributed by atoms with Gasteiger partial charge in [-0.25, -0.2) is 0 Å². The molecule has 24 heavy (non-hydrogen) atoms. The van der Waals surface area contributed by atoms with E-state index in [9.17, 15) is 9.59 Å². The molecular formula is C17H26ClN3O3. The third kappa shape index (κ3) is 3.75. The summed E-state index contributed by atoms with van der Waals surface area (Å²) in [5, 5.41) is 0. The Morgan fingerprint density at radius 2 is 1.88 bits per heavy atom. The highest BCUT2D eigenvalue weighted by Crippen LogP contribution is 2.33. The smallest absolute Gasteiger partial charge is 0.289 e. The van der Waals surface area contributed by atoms with Crippen LogP contribution in [0.3, 0.4) is 0 Å². The van der Waals surface area contributed by atoms with E-state index in [1.54, 1.807) is 17.0 Å². The number of furan rings is 1. The summed E-state index contributed by atoms with van der Waals surface area (Å²) in [7, 11) is 0. The molecular weight excluding hydrogens is 330 g/mol. The number of piperazine rings is 1. The zero-order valence-corrected chi connectivity index (χ0v) is 14.9. The van der Waals surface area contributed by atoms with E-state index in [0.29, 0.717) is 31.9 Å². The predicted molar refractivity (Wildman–Crippen MR) is 93.0 cm³/mol. The maximum Gasteiger partial charge on any atom is 0.289 e. The third-order valence-electron chi connectivity index (χ3n) is 5.16. The average molecular weight is 356 g/mol. The van der Waals surface area contributed by atoms with Gasteiger partial charge in [-0.1, -0.05) is 12.8 Å². The highest BCUT2D eigenvalue weighted by Gasteiger charge is 2.40. The Hall–Kier alpha value is -1.53. The molecule has 0 aromatic carbocycles. The van der Waals surface area contributed by atoms with Crippen molar-refractivity contribution in [3.63, 3.8) is 0 Å². The molecule has 2 fully saturated rings. The van der Waals surface area contributed by atoms with Crippen LogP contribution in [0.2, 0.25) is 0 Å². The Kier molecular flexibility index (Phi) is 5.93. The van der Waals surface area contributed by atoms with Crippen LogP contribution in [0.4, 0.5) is 0 Å². The minimum Gasteiger partial charge on any atom is -0.459 e. The SMILES string of the molecule is CC1(N)CCCCC1C(=O)N1CCN(C(=O)c2ccco2)CC1.Cl. The molecule has 2 atom stereocenters. The first-order chi connectivity index (χ1) is 11.0. The molecule has 2 aliphatic rings. The van der Waals surface area contributed by atoms with E-state index >= 15 is 0 Å². The number of carbonyl (C=O) groups excluding carboxylic acids is 2. The summed E-state index contributed by atoms with van der Waals surface area (Å²) >= 11 is 0. The molecule has 7 heteroatoms. The molecule has 2 N–H and O–H groups in total. The van der Waals surface area contributed by atoms with Crippen LogP contribution in [0.25, 0.3) is 0 Å². The molecule has 1 aromatic rings. The first-order valence-corrected chi connectivity index (χ1v) is 8.39. The van der Waals surface area contributed by atoms with Gasteiger partial charge in [0.05, 0.1) is 12.2 Å². The van der Waals surface area contributed by atoms with Gasteiger partial charge in [-0.2, -0.15) is 0 Å². The second kappa shape index (κ2) is 7.57. The number of amides is 2. The number of hydrogen-bond donors (Lipinski definition) is 1. The number of carbonyl (C=O) groups is 2. The van der Waals surface area contributed by atoms with Crippen molar-refractivity contribution in [1.82, 2.24) is 9.80 Å². The fraction of sp³-hybridized carbons (Fsp3) is 0.647. The van der Waals surface area contributed by atoms with Gasteiger partial charge < -0.3 is 20.0 Å². The van der Waals surface area contributed by atoms with Crippen molar-refractivity contribution in [3.05, 3.63) is 24.2 Å². The number of nitrogens with zero attached hydrogens (tertiary/aromatic N) is 2. The van der Waals surface area contributed by atoms with Gasteiger partial charge in [0, 0.05) is 31.7 Å². The van der Waals surface area contributed by atoms with Gasteiger partial charge in [0.25, 0.3) is 5.91 Å². The maximum absolute atomic E-state index is 12.8. The van der Waals surface area contributed by atoms with E-state index in [0.717, 1.165) is 25.7 Å². The van der Waals surface area contributed by atoms with Gasteiger partial charge in [0.15, 0.2) is 5.76 Å². The fourth-order valence-corrected chi connectivity index (χ4v) is 3.67. The number of nitrogens with two attached hydrogens (primary N) is 1. The first kappa shape index (κ1) is 18.8. The van der Waals surface area contributed by atoms with E-state index in [4.69, 9.17) is 10.2 Å². The summed E-state index contributed by atoms with van der Waals surface area (Å²) < 4.78 is 5.16. The Balaban J connectivity index is 0.00000208. The number of hydrogen-bond acceptors (Lipinski definition) is 4. The van der Waals surface area contributed by atoms with E-state index < -0.39 is 5.54 Å². The normalized spacial score (nSPS) is 27.5. The molecule has 0 radical (unpaired) electrons. The molecule has 1 aliphatic carbocycles. The van der Waals surface area contributed by atoms with Crippen molar-refractivity contribution >= 4 is 24.2 Å². The van der Waals surface area contributed by atoms with Crippen LogP contribution in [0.5, 0.6) is 0 Å². The molecule has 1 saturated carbocycles. The van der Waals surface area contributed by atoms with E-state index in [1.807, 2.05) is 11.8 Å². The fourth-order valence-electron chi connectivity index (χ4n) is 3.67. The Morgan fingerprint density at radius 3 is 2.46 bits per heavy atom. The molecule has 1 aromatic heterocycles. The van der Waals surface area contributed by atoms with Crippen LogP contribution in [0.15, 0.2) is 22.8 Å². The summed E-state index contributed by atoms with van der Waals surface area (Å²) in [6, 6.07) is 3.37. The van der Waals surface area contributed by atoms with Gasteiger partial charge >= 0.3 is 0 Å². The highest BCUT2D eigenvalue weighted by atomic mass is 35.5. The molecule has 0 spiro atoms. The highest BCUT2D eigenvalue weighted by molar-refractivity contribution is 5.91. The van der Waals surface area contributed by atoms with Gasteiger partial charge in [-0.05, 0) is 31.9 Å². The van der Waals surface area contributed by atoms with Crippen LogP contribution >= 0.6 is 12.4 Å².